The molecule has 0 amide bonds. The van der Waals surface area contributed by atoms with Gasteiger partial charge in [0.05, 0.1) is 5.69 Å². The third-order valence-electron chi connectivity index (χ3n) is 9.86. The fourth-order valence-corrected chi connectivity index (χ4v) is 7.34. The van der Waals surface area contributed by atoms with Gasteiger partial charge in [-0.3, -0.25) is 4.98 Å². The maximum atomic E-state index is 4.65. The van der Waals surface area contributed by atoms with Gasteiger partial charge in [-0.05, 0) is 77.8 Å². The molecular formula is C42H53N. The van der Waals surface area contributed by atoms with Gasteiger partial charge in [-0.2, -0.15) is 0 Å². The van der Waals surface area contributed by atoms with Crippen LogP contribution in [-0.4, -0.2) is 4.98 Å². The van der Waals surface area contributed by atoms with E-state index in [1.54, 1.807) is 11.1 Å². The summed E-state index contributed by atoms with van der Waals surface area (Å²) in [7, 11) is 0. The summed E-state index contributed by atoms with van der Waals surface area (Å²) in [5.74, 6) is 0. The zero-order valence-corrected chi connectivity index (χ0v) is 27.4. The van der Waals surface area contributed by atoms with Crippen LogP contribution in [0.25, 0.3) is 33.5 Å². The SMILES string of the molecule is CCCCCCCCC1(CCCCCCCC)c2cc(C)ccc2-c2ccc(-c3ccc(-c4ccc(C)cn4)cc3)cc21. The highest BCUT2D eigenvalue weighted by Crippen LogP contribution is 2.55. The van der Waals surface area contributed by atoms with Crippen LogP contribution in [-0.2, 0) is 5.41 Å². The Bertz CT molecular complexity index is 1430. The van der Waals surface area contributed by atoms with Gasteiger partial charge in [0.2, 0.25) is 0 Å². The van der Waals surface area contributed by atoms with E-state index in [0.717, 1.165) is 5.69 Å². The third kappa shape index (κ3) is 7.31. The van der Waals surface area contributed by atoms with Crippen LogP contribution in [0.1, 0.15) is 126 Å². The highest BCUT2D eigenvalue weighted by molar-refractivity contribution is 5.84. The molecule has 0 saturated carbocycles. The van der Waals surface area contributed by atoms with Crippen LogP contribution in [0.5, 0.6) is 0 Å². The van der Waals surface area contributed by atoms with Crippen molar-refractivity contribution in [1.29, 1.82) is 0 Å². The standard InChI is InChI=1S/C42H53N/c1-5-7-9-11-13-15-27-42(28-16-14-12-10-8-6-2)39-29-32(3)17-24-37(39)38-25-23-36(30-40(38)42)34-19-21-35(22-20-34)41-26-18-33(4)31-43-41/h17-26,29-31H,5-16,27-28H2,1-4H3. The third-order valence-corrected chi connectivity index (χ3v) is 9.86. The van der Waals surface area contributed by atoms with Gasteiger partial charge >= 0.3 is 0 Å². The van der Waals surface area contributed by atoms with E-state index in [1.807, 2.05) is 6.20 Å². The lowest BCUT2D eigenvalue weighted by atomic mass is 9.70. The predicted molar refractivity (Wildman–Crippen MR) is 187 cm³/mol. The number of aryl methyl sites for hydroxylation is 2. The second-order valence-electron chi connectivity index (χ2n) is 13.2. The van der Waals surface area contributed by atoms with Crippen molar-refractivity contribution < 1.29 is 0 Å². The van der Waals surface area contributed by atoms with Gasteiger partial charge in [-0.1, -0.05) is 157 Å². The number of hydrogen-bond acceptors (Lipinski definition) is 1. The molecular weight excluding hydrogens is 518 g/mol. The first kappa shape index (κ1) is 31.2. The van der Waals surface area contributed by atoms with Crippen molar-refractivity contribution in [2.45, 2.75) is 123 Å². The molecule has 4 aromatic rings. The van der Waals surface area contributed by atoms with Gasteiger partial charge in [0.25, 0.3) is 0 Å². The molecule has 0 fully saturated rings. The van der Waals surface area contributed by atoms with Crippen LogP contribution in [0.3, 0.4) is 0 Å². The Kier molecular flexibility index (Phi) is 10.9. The first-order chi connectivity index (χ1) is 21.1. The molecule has 0 bridgehead atoms. The van der Waals surface area contributed by atoms with Gasteiger partial charge in [0, 0.05) is 17.2 Å². The maximum absolute atomic E-state index is 4.65. The van der Waals surface area contributed by atoms with Gasteiger partial charge < -0.3 is 0 Å². The second kappa shape index (κ2) is 15.0. The summed E-state index contributed by atoms with van der Waals surface area (Å²) >= 11 is 0. The Morgan fingerprint density at radius 2 is 1.00 bits per heavy atom. The highest BCUT2D eigenvalue weighted by atomic mass is 14.7. The average molecular weight is 572 g/mol. The number of unbranched alkanes of at least 4 members (excludes halogenated alkanes) is 10. The van der Waals surface area contributed by atoms with Crippen molar-refractivity contribution in [1.82, 2.24) is 4.98 Å². The normalized spacial score (nSPS) is 13.2. The van der Waals surface area contributed by atoms with Crippen LogP contribution in [0.4, 0.5) is 0 Å². The number of aromatic nitrogens is 1. The summed E-state index contributed by atoms with van der Waals surface area (Å²) in [6.45, 7) is 9.00. The lowest BCUT2D eigenvalue weighted by Crippen LogP contribution is -2.25. The minimum Gasteiger partial charge on any atom is -0.256 e. The maximum Gasteiger partial charge on any atom is 0.0702 e. The molecule has 1 aromatic heterocycles. The van der Waals surface area contributed by atoms with Crippen molar-refractivity contribution >= 4 is 0 Å². The minimum absolute atomic E-state index is 0.119. The van der Waals surface area contributed by atoms with Gasteiger partial charge in [-0.25, -0.2) is 0 Å². The molecule has 0 saturated heterocycles. The first-order valence-electron chi connectivity index (χ1n) is 17.3. The molecule has 3 aromatic carbocycles. The first-order valence-corrected chi connectivity index (χ1v) is 17.3. The Morgan fingerprint density at radius 1 is 0.488 bits per heavy atom. The average Bonchev–Trinajstić information content (AvgIpc) is 3.29. The van der Waals surface area contributed by atoms with Gasteiger partial charge in [0.15, 0.2) is 0 Å². The highest BCUT2D eigenvalue weighted by Gasteiger charge is 2.42. The largest absolute Gasteiger partial charge is 0.256 e. The summed E-state index contributed by atoms with van der Waals surface area (Å²) < 4.78 is 0. The Labute approximate surface area is 262 Å². The second-order valence-corrected chi connectivity index (χ2v) is 13.2. The van der Waals surface area contributed by atoms with Crippen molar-refractivity contribution in [2.75, 3.05) is 0 Å². The molecule has 43 heavy (non-hydrogen) atoms. The number of fused-ring (bicyclic) bond motifs is 3. The van der Waals surface area contributed by atoms with E-state index in [4.69, 9.17) is 0 Å². The quantitative estimate of drug-likeness (QED) is 0.122. The summed E-state index contributed by atoms with van der Waals surface area (Å²) in [6.07, 6.45) is 20.7. The lowest BCUT2D eigenvalue weighted by Gasteiger charge is -2.33. The zero-order chi connectivity index (χ0) is 30.1. The lowest BCUT2D eigenvalue weighted by molar-refractivity contribution is 0.398. The molecule has 1 aliphatic rings. The smallest absolute Gasteiger partial charge is 0.0702 e. The van der Waals surface area contributed by atoms with Crippen LogP contribution in [0.15, 0.2) is 79.0 Å². The fraction of sp³-hybridized carbons (Fsp3) is 0.452. The molecule has 0 spiro atoms. The molecule has 0 atom stereocenters. The molecule has 1 aliphatic carbocycles. The van der Waals surface area contributed by atoms with E-state index in [9.17, 15) is 0 Å². The minimum atomic E-state index is 0.119. The summed E-state index contributed by atoms with van der Waals surface area (Å²) in [4.78, 5) is 4.65. The predicted octanol–water partition coefficient (Wildman–Crippen LogP) is 12.8. The fourth-order valence-electron chi connectivity index (χ4n) is 7.34. The van der Waals surface area contributed by atoms with E-state index in [-0.39, 0.29) is 5.41 Å². The van der Waals surface area contributed by atoms with E-state index < -0.39 is 0 Å². The zero-order valence-electron chi connectivity index (χ0n) is 27.4. The number of benzene rings is 3. The number of rotatable bonds is 16. The van der Waals surface area contributed by atoms with Crippen LogP contribution in [0.2, 0.25) is 0 Å². The van der Waals surface area contributed by atoms with Crippen molar-refractivity contribution in [3.05, 3.63) is 101 Å². The Morgan fingerprint density at radius 3 is 1.60 bits per heavy atom. The molecule has 226 valence electrons. The molecule has 5 rings (SSSR count). The summed E-state index contributed by atoms with van der Waals surface area (Å²) in [5.41, 5.74) is 13.7. The molecule has 1 nitrogen and oxygen atoms in total. The van der Waals surface area contributed by atoms with Crippen molar-refractivity contribution in [2.24, 2.45) is 0 Å². The summed E-state index contributed by atoms with van der Waals surface area (Å²) in [6, 6.07) is 27.9. The topological polar surface area (TPSA) is 12.9 Å². The monoisotopic (exact) mass is 571 g/mol. The number of hydrogen-bond donors (Lipinski definition) is 0. The van der Waals surface area contributed by atoms with Gasteiger partial charge in [-0.15, -0.1) is 0 Å². The summed E-state index contributed by atoms with van der Waals surface area (Å²) in [5, 5.41) is 0. The van der Waals surface area contributed by atoms with Crippen LogP contribution < -0.4 is 0 Å². The van der Waals surface area contributed by atoms with E-state index >= 15 is 0 Å². The number of nitrogens with zero attached hydrogens (tertiary/aromatic N) is 1. The number of pyridine rings is 1. The van der Waals surface area contributed by atoms with Gasteiger partial charge in [0.1, 0.15) is 0 Å². The van der Waals surface area contributed by atoms with E-state index in [0.29, 0.717) is 0 Å². The Balaban J connectivity index is 1.47. The van der Waals surface area contributed by atoms with Crippen LogP contribution >= 0.6 is 0 Å². The van der Waals surface area contributed by atoms with Crippen LogP contribution in [0, 0.1) is 13.8 Å². The van der Waals surface area contributed by atoms with E-state index in [1.165, 1.54) is 129 Å². The molecule has 0 unspecified atom stereocenters. The van der Waals surface area contributed by atoms with Crippen molar-refractivity contribution in [3.63, 3.8) is 0 Å². The molecule has 0 radical (unpaired) electrons. The molecule has 0 N–H and O–H groups in total. The molecule has 1 heteroatoms. The van der Waals surface area contributed by atoms with E-state index in [2.05, 4.69) is 105 Å². The Hall–Kier alpha value is -3.19. The van der Waals surface area contributed by atoms with Crippen molar-refractivity contribution in [3.8, 4) is 33.5 Å². The molecule has 1 heterocycles. The molecule has 0 aliphatic heterocycles.